The van der Waals surface area contributed by atoms with Crippen LogP contribution in [0.1, 0.15) is 37.7 Å². The summed E-state index contributed by atoms with van der Waals surface area (Å²) in [6.07, 6.45) is 4.36. The highest BCUT2D eigenvalue weighted by Crippen LogP contribution is 2.25. The molecule has 2 N–H and O–H groups in total. The number of nitrogens with one attached hydrogen (secondary N) is 1. The molecule has 1 aromatic carbocycles. The normalized spacial score (nSPS) is 21.9. The van der Waals surface area contributed by atoms with Crippen molar-refractivity contribution >= 4 is 17.5 Å². The zero-order valence-electron chi connectivity index (χ0n) is 12.3. The Labute approximate surface area is 130 Å². The number of carbonyl (C=O) groups excluding carboxylic acids is 1. The fourth-order valence-corrected chi connectivity index (χ4v) is 2.96. The number of rotatable bonds is 5. The van der Waals surface area contributed by atoms with Crippen LogP contribution < -0.4 is 10.1 Å². The number of aryl methyl sites for hydroxylation is 1. The van der Waals surface area contributed by atoms with Crippen molar-refractivity contribution in [2.45, 2.75) is 50.7 Å². The van der Waals surface area contributed by atoms with Crippen LogP contribution in [0.25, 0.3) is 0 Å². The van der Waals surface area contributed by atoms with Gasteiger partial charge in [0, 0.05) is 6.42 Å². The molecule has 2 unspecified atom stereocenters. The van der Waals surface area contributed by atoms with Gasteiger partial charge >= 0.3 is 0 Å². The van der Waals surface area contributed by atoms with Crippen molar-refractivity contribution in [2.75, 3.05) is 7.11 Å². The summed E-state index contributed by atoms with van der Waals surface area (Å²) in [6.45, 7) is 0. The third-order valence-corrected chi connectivity index (χ3v) is 4.23. The van der Waals surface area contributed by atoms with Crippen LogP contribution in [0.4, 0.5) is 0 Å². The fraction of sp³-hybridized carbons (Fsp3) is 0.562. The number of carbonyl (C=O) groups is 1. The van der Waals surface area contributed by atoms with Gasteiger partial charge in [0.1, 0.15) is 5.75 Å². The SMILES string of the molecule is COc1ccc(CCC(=O)NC2CCCCC2O)cc1Cl. The Bertz CT molecular complexity index is 492. The number of aliphatic hydroxyl groups is 1. The van der Waals surface area contributed by atoms with Crippen LogP contribution in [0, 0.1) is 0 Å². The van der Waals surface area contributed by atoms with Crippen LogP contribution in [-0.2, 0) is 11.2 Å². The highest BCUT2D eigenvalue weighted by molar-refractivity contribution is 6.32. The van der Waals surface area contributed by atoms with Crippen LogP contribution in [0.2, 0.25) is 5.02 Å². The van der Waals surface area contributed by atoms with E-state index in [0.29, 0.717) is 23.6 Å². The molecule has 0 aliphatic heterocycles. The molecule has 116 valence electrons. The highest BCUT2D eigenvalue weighted by atomic mass is 35.5. The number of ether oxygens (including phenoxy) is 1. The van der Waals surface area contributed by atoms with E-state index in [1.807, 2.05) is 12.1 Å². The number of methoxy groups -OCH3 is 1. The summed E-state index contributed by atoms with van der Waals surface area (Å²) < 4.78 is 5.10. The second kappa shape index (κ2) is 7.66. The lowest BCUT2D eigenvalue weighted by Crippen LogP contribution is -2.45. The number of aliphatic hydroxyl groups excluding tert-OH is 1. The minimum absolute atomic E-state index is 0.0205. The lowest BCUT2D eigenvalue weighted by molar-refractivity contribution is -0.123. The summed E-state index contributed by atoms with van der Waals surface area (Å²) >= 11 is 6.06. The topological polar surface area (TPSA) is 58.6 Å². The number of halogens is 1. The van der Waals surface area contributed by atoms with Gasteiger partial charge in [0.05, 0.1) is 24.3 Å². The lowest BCUT2D eigenvalue weighted by atomic mass is 9.92. The van der Waals surface area contributed by atoms with E-state index in [2.05, 4.69) is 5.32 Å². The Hall–Kier alpha value is -1.26. The van der Waals surface area contributed by atoms with Gasteiger partial charge in [-0.05, 0) is 37.0 Å². The maximum atomic E-state index is 12.0. The van der Waals surface area contributed by atoms with Crippen LogP contribution in [0.15, 0.2) is 18.2 Å². The maximum Gasteiger partial charge on any atom is 0.220 e. The van der Waals surface area contributed by atoms with E-state index >= 15 is 0 Å². The molecule has 1 aliphatic rings. The van der Waals surface area contributed by atoms with E-state index in [1.165, 1.54) is 0 Å². The van der Waals surface area contributed by atoms with Crippen molar-refractivity contribution in [3.63, 3.8) is 0 Å². The predicted molar refractivity (Wildman–Crippen MR) is 82.7 cm³/mol. The molecule has 0 aromatic heterocycles. The summed E-state index contributed by atoms with van der Waals surface area (Å²) in [5, 5.41) is 13.3. The van der Waals surface area contributed by atoms with Gasteiger partial charge in [0.15, 0.2) is 0 Å². The van der Waals surface area contributed by atoms with Crippen LogP contribution in [0.5, 0.6) is 5.75 Å². The molecule has 1 fully saturated rings. The molecular weight excluding hydrogens is 290 g/mol. The molecule has 1 aliphatic carbocycles. The average Bonchev–Trinajstić information content (AvgIpc) is 2.48. The van der Waals surface area contributed by atoms with E-state index in [4.69, 9.17) is 16.3 Å². The molecule has 5 heteroatoms. The van der Waals surface area contributed by atoms with Crippen molar-refractivity contribution < 1.29 is 14.6 Å². The van der Waals surface area contributed by atoms with Crippen LogP contribution in [-0.4, -0.2) is 30.3 Å². The molecular formula is C16H22ClNO3. The molecule has 2 rings (SSSR count). The summed E-state index contributed by atoms with van der Waals surface area (Å²) in [5.41, 5.74) is 1.00. The summed E-state index contributed by atoms with van der Waals surface area (Å²) in [7, 11) is 1.57. The number of benzene rings is 1. The minimum Gasteiger partial charge on any atom is -0.495 e. The predicted octanol–water partition coefficient (Wildman–Crippen LogP) is 2.70. The Morgan fingerprint density at radius 3 is 2.86 bits per heavy atom. The molecule has 2 atom stereocenters. The Morgan fingerprint density at radius 2 is 2.19 bits per heavy atom. The molecule has 1 saturated carbocycles. The second-order valence-corrected chi connectivity index (χ2v) is 5.90. The van der Waals surface area contributed by atoms with Crippen molar-refractivity contribution in [3.8, 4) is 5.75 Å². The van der Waals surface area contributed by atoms with E-state index in [-0.39, 0.29) is 11.9 Å². The second-order valence-electron chi connectivity index (χ2n) is 5.49. The molecule has 21 heavy (non-hydrogen) atoms. The Morgan fingerprint density at radius 1 is 1.43 bits per heavy atom. The maximum absolute atomic E-state index is 12.0. The smallest absolute Gasteiger partial charge is 0.220 e. The van der Waals surface area contributed by atoms with Crippen molar-refractivity contribution in [1.82, 2.24) is 5.32 Å². The molecule has 0 radical (unpaired) electrons. The summed E-state index contributed by atoms with van der Waals surface area (Å²) in [4.78, 5) is 12.0. The third-order valence-electron chi connectivity index (χ3n) is 3.93. The van der Waals surface area contributed by atoms with E-state index < -0.39 is 6.10 Å². The Balaban J connectivity index is 1.82. The molecule has 1 amide bonds. The van der Waals surface area contributed by atoms with Crippen molar-refractivity contribution in [3.05, 3.63) is 28.8 Å². The molecule has 0 spiro atoms. The summed E-state index contributed by atoms with van der Waals surface area (Å²) in [6, 6.07) is 5.45. The minimum atomic E-state index is -0.405. The van der Waals surface area contributed by atoms with Gasteiger partial charge < -0.3 is 15.2 Å². The lowest BCUT2D eigenvalue weighted by Gasteiger charge is -2.28. The van der Waals surface area contributed by atoms with Crippen LogP contribution >= 0.6 is 11.6 Å². The van der Waals surface area contributed by atoms with Crippen molar-refractivity contribution in [1.29, 1.82) is 0 Å². The fourth-order valence-electron chi connectivity index (χ4n) is 2.68. The number of hydrogen-bond donors (Lipinski definition) is 2. The molecule has 0 saturated heterocycles. The quantitative estimate of drug-likeness (QED) is 0.879. The zero-order chi connectivity index (χ0) is 15.2. The van der Waals surface area contributed by atoms with Crippen LogP contribution in [0.3, 0.4) is 0 Å². The Kier molecular flexibility index (Phi) is 5.88. The largest absolute Gasteiger partial charge is 0.495 e. The monoisotopic (exact) mass is 311 g/mol. The molecule has 4 nitrogen and oxygen atoms in total. The van der Waals surface area contributed by atoms with Crippen molar-refractivity contribution in [2.24, 2.45) is 0 Å². The van der Waals surface area contributed by atoms with E-state index in [9.17, 15) is 9.90 Å². The number of amides is 1. The standard InChI is InChI=1S/C16H22ClNO3/c1-21-15-8-6-11(10-12(15)17)7-9-16(20)18-13-4-2-3-5-14(13)19/h6,8,10,13-14,19H,2-5,7,9H2,1H3,(H,18,20). The highest BCUT2D eigenvalue weighted by Gasteiger charge is 2.24. The number of hydrogen-bond acceptors (Lipinski definition) is 3. The van der Waals surface area contributed by atoms with Gasteiger partial charge in [-0.25, -0.2) is 0 Å². The van der Waals surface area contributed by atoms with E-state index in [0.717, 1.165) is 31.2 Å². The first-order valence-electron chi connectivity index (χ1n) is 7.40. The van der Waals surface area contributed by atoms with Gasteiger partial charge in [0.25, 0.3) is 0 Å². The molecule has 0 heterocycles. The first kappa shape index (κ1) is 16.1. The third kappa shape index (κ3) is 4.61. The van der Waals surface area contributed by atoms with Gasteiger partial charge in [-0.1, -0.05) is 30.5 Å². The molecule has 1 aromatic rings. The van der Waals surface area contributed by atoms with Gasteiger partial charge in [-0.2, -0.15) is 0 Å². The first-order valence-corrected chi connectivity index (χ1v) is 7.78. The average molecular weight is 312 g/mol. The van der Waals surface area contributed by atoms with Gasteiger partial charge in [-0.15, -0.1) is 0 Å². The van der Waals surface area contributed by atoms with Gasteiger partial charge in [-0.3, -0.25) is 4.79 Å². The van der Waals surface area contributed by atoms with E-state index in [1.54, 1.807) is 13.2 Å². The van der Waals surface area contributed by atoms with Gasteiger partial charge in [0.2, 0.25) is 5.91 Å². The zero-order valence-corrected chi connectivity index (χ0v) is 13.0. The summed E-state index contributed by atoms with van der Waals surface area (Å²) in [5.74, 6) is 0.614. The molecule has 0 bridgehead atoms. The first-order chi connectivity index (χ1) is 10.1.